The van der Waals surface area contributed by atoms with Crippen LogP contribution in [0.2, 0.25) is 0 Å². The van der Waals surface area contributed by atoms with Gasteiger partial charge in [0.15, 0.2) is 5.82 Å². The zero-order valence-corrected chi connectivity index (χ0v) is 12.1. The smallest absolute Gasteiger partial charge is 0.218 e. The zero-order valence-electron chi connectivity index (χ0n) is 12.1. The number of ether oxygens (including phenoxy) is 2. The molecule has 1 aromatic rings. The minimum Gasteiger partial charge on any atom is -0.476 e. The van der Waals surface area contributed by atoms with Crippen LogP contribution in [-0.4, -0.2) is 47.7 Å². The summed E-state index contributed by atoms with van der Waals surface area (Å²) >= 11 is 0. The Morgan fingerprint density at radius 2 is 1.95 bits per heavy atom. The molecule has 1 aromatic heterocycles. The molecule has 2 N–H and O–H groups in total. The number of nitrogens with zero attached hydrogens (tertiary/aromatic N) is 3. The highest BCUT2D eigenvalue weighted by molar-refractivity contribution is 5.32. The van der Waals surface area contributed by atoms with Crippen molar-refractivity contribution < 1.29 is 9.47 Å². The molecule has 0 amide bonds. The van der Waals surface area contributed by atoms with Crippen molar-refractivity contribution in [1.82, 2.24) is 14.9 Å². The van der Waals surface area contributed by atoms with E-state index < -0.39 is 0 Å². The van der Waals surface area contributed by atoms with Gasteiger partial charge in [0.25, 0.3) is 0 Å². The third-order valence-electron chi connectivity index (χ3n) is 2.76. The van der Waals surface area contributed by atoms with Gasteiger partial charge in [-0.1, -0.05) is 13.8 Å². The van der Waals surface area contributed by atoms with Gasteiger partial charge >= 0.3 is 0 Å². The van der Waals surface area contributed by atoms with Gasteiger partial charge in [0.05, 0.1) is 0 Å². The maximum Gasteiger partial charge on any atom is 0.218 e. The first kappa shape index (κ1) is 15.7. The zero-order chi connectivity index (χ0) is 14.1. The van der Waals surface area contributed by atoms with Gasteiger partial charge < -0.3 is 20.1 Å². The van der Waals surface area contributed by atoms with Crippen molar-refractivity contribution in [3.05, 3.63) is 11.9 Å². The van der Waals surface area contributed by atoms with Crippen LogP contribution in [0.15, 0.2) is 6.07 Å². The van der Waals surface area contributed by atoms with E-state index in [4.69, 9.17) is 15.2 Å². The summed E-state index contributed by atoms with van der Waals surface area (Å²) in [6.07, 6.45) is 0. The predicted molar refractivity (Wildman–Crippen MR) is 75.1 cm³/mol. The average molecular weight is 268 g/mol. The maximum absolute atomic E-state index is 5.72. The molecule has 0 aliphatic heterocycles. The fourth-order valence-corrected chi connectivity index (χ4v) is 1.64. The van der Waals surface area contributed by atoms with Crippen LogP contribution in [0.5, 0.6) is 5.88 Å². The molecule has 0 fully saturated rings. The molecule has 108 valence electrons. The predicted octanol–water partition coefficient (Wildman–Crippen LogP) is 1.32. The van der Waals surface area contributed by atoms with Crippen molar-refractivity contribution in [3.8, 4) is 5.88 Å². The molecule has 0 atom stereocenters. The normalized spacial score (nSPS) is 10.9. The van der Waals surface area contributed by atoms with Crippen LogP contribution < -0.4 is 10.5 Å². The monoisotopic (exact) mass is 268 g/mol. The molecule has 0 aromatic carbocycles. The Hall–Kier alpha value is -1.40. The summed E-state index contributed by atoms with van der Waals surface area (Å²) in [5, 5.41) is 0. The SMILES string of the molecule is CCOCc1nc(N)cc(OCCN(CC)CC)n1. The summed E-state index contributed by atoms with van der Waals surface area (Å²) in [4.78, 5) is 10.6. The van der Waals surface area contributed by atoms with Crippen LogP contribution in [0.3, 0.4) is 0 Å². The molecule has 0 unspecified atom stereocenters. The van der Waals surface area contributed by atoms with Gasteiger partial charge in [0, 0.05) is 19.2 Å². The Balaban J connectivity index is 2.50. The van der Waals surface area contributed by atoms with Gasteiger partial charge in [-0.2, -0.15) is 4.98 Å². The topological polar surface area (TPSA) is 73.5 Å². The standard InChI is InChI=1S/C13H24N4O2/c1-4-17(5-2)7-8-19-13-9-11(14)15-12(16-13)10-18-6-3/h9H,4-8,10H2,1-3H3,(H2,14,15,16). The fraction of sp³-hybridized carbons (Fsp3) is 0.692. The second kappa shape index (κ2) is 8.66. The van der Waals surface area contributed by atoms with Crippen LogP contribution in [0, 0.1) is 0 Å². The van der Waals surface area contributed by atoms with Crippen LogP contribution in [-0.2, 0) is 11.3 Å². The van der Waals surface area contributed by atoms with Crippen molar-refractivity contribution >= 4 is 5.82 Å². The third-order valence-corrected chi connectivity index (χ3v) is 2.76. The summed E-state index contributed by atoms with van der Waals surface area (Å²) in [6, 6.07) is 1.64. The van der Waals surface area contributed by atoms with Crippen LogP contribution in [0.4, 0.5) is 5.82 Å². The second-order valence-corrected chi connectivity index (χ2v) is 4.06. The van der Waals surface area contributed by atoms with E-state index in [9.17, 15) is 0 Å². The minimum atomic E-state index is 0.355. The average Bonchev–Trinajstić information content (AvgIpc) is 2.41. The first-order chi connectivity index (χ1) is 9.19. The third kappa shape index (κ3) is 5.85. The van der Waals surface area contributed by atoms with Crippen molar-refractivity contribution in [2.24, 2.45) is 0 Å². The molecular weight excluding hydrogens is 244 g/mol. The lowest BCUT2D eigenvalue weighted by atomic mass is 10.5. The van der Waals surface area contributed by atoms with E-state index in [-0.39, 0.29) is 0 Å². The van der Waals surface area contributed by atoms with Gasteiger partial charge in [-0.15, -0.1) is 0 Å². The number of aromatic nitrogens is 2. The Kier molecular flexibility index (Phi) is 7.14. The number of rotatable bonds is 9. The molecule has 1 heterocycles. The van der Waals surface area contributed by atoms with E-state index in [2.05, 4.69) is 28.7 Å². The molecule has 0 radical (unpaired) electrons. The Labute approximate surface area is 114 Å². The Morgan fingerprint density at radius 1 is 1.21 bits per heavy atom. The lowest BCUT2D eigenvalue weighted by Crippen LogP contribution is -2.28. The minimum absolute atomic E-state index is 0.355. The molecule has 0 bridgehead atoms. The van der Waals surface area contributed by atoms with Gasteiger partial charge in [0.1, 0.15) is 19.0 Å². The number of hydrogen-bond donors (Lipinski definition) is 1. The van der Waals surface area contributed by atoms with Gasteiger partial charge in [0.2, 0.25) is 5.88 Å². The number of likely N-dealkylation sites (N-methyl/N-ethyl adjacent to an activating group) is 1. The highest BCUT2D eigenvalue weighted by atomic mass is 16.5. The fourth-order valence-electron chi connectivity index (χ4n) is 1.64. The van der Waals surface area contributed by atoms with Crippen molar-refractivity contribution in [2.75, 3.05) is 38.6 Å². The van der Waals surface area contributed by atoms with Crippen LogP contribution in [0.25, 0.3) is 0 Å². The maximum atomic E-state index is 5.72. The highest BCUT2D eigenvalue weighted by Crippen LogP contribution is 2.11. The lowest BCUT2D eigenvalue weighted by Gasteiger charge is -2.17. The van der Waals surface area contributed by atoms with E-state index in [1.165, 1.54) is 0 Å². The number of nitrogen functional groups attached to an aromatic ring is 1. The van der Waals surface area contributed by atoms with Gasteiger partial charge in [-0.25, -0.2) is 4.98 Å². The van der Waals surface area contributed by atoms with E-state index in [1.807, 2.05) is 6.92 Å². The summed E-state index contributed by atoms with van der Waals surface area (Å²) < 4.78 is 10.9. The Morgan fingerprint density at radius 3 is 2.58 bits per heavy atom. The highest BCUT2D eigenvalue weighted by Gasteiger charge is 2.05. The molecule has 0 aliphatic rings. The number of nitrogens with two attached hydrogens (primary N) is 1. The van der Waals surface area contributed by atoms with Crippen LogP contribution in [0.1, 0.15) is 26.6 Å². The molecule has 1 rings (SSSR count). The number of anilines is 1. The first-order valence-corrected chi connectivity index (χ1v) is 6.75. The number of hydrogen-bond acceptors (Lipinski definition) is 6. The lowest BCUT2D eigenvalue weighted by molar-refractivity contribution is 0.127. The van der Waals surface area contributed by atoms with Crippen LogP contribution >= 0.6 is 0 Å². The summed E-state index contributed by atoms with van der Waals surface area (Å²) in [7, 11) is 0. The summed E-state index contributed by atoms with van der Waals surface area (Å²) in [5.41, 5.74) is 5.72. The van der Waals surface area contributed by atoms with Gasteiger partial charge in [-0.3, -0.25) is 0 Å². The summed E-state index contributed by atoms with van der Waals surface area (Å²) in [5.74, 6) is 1.47. The van der Waals surface area contributed by atoms with Crippen molar-refractivity contribution in [2.45, 2.75) is 27.4 Å². The molecule has 6 heteroatoms. The van der Waals surface area contributed by atoms with E-state index in [0.29, 0.717) is 37.3 Å². The molecule has 0 aliphatic carbocycles. The largest absolute Gasteiger partial charge is 0.476 e. The quantitative estimate of drug-likeness (QED) is 0.728. The van der Waals surface area contributed by atoms with Crippen molar-refractivity contribution in [3.63, 3.8) is 0 Å². The molecule has 0 saturated carbocycles. The van der Waals surface area contributed by atoms with E-state index in [0.717, 1.165) is 19.6 Å². The molecular formula is C13H24N4O2. The van der Waals surface area contributed by atoms with Crippen molar-refractivity contribution in [1.29, 1.82) is 0 Å². The molecule has 19 heavy (non-hydrogen) atoms. The van der Waals surface area contributed by atoms with E-state index in [1.54, 1.807) is 6.07 Å². The van der Waals surface area contributed by atoms with Gasteiger partial charge in [-0.05, 0) is 20.0 Å². The Bertz CT molecular complexity index is 370. The first-order valence-electron chi connectivity index (χ1n) is 6.75. The molecule has 0 spiro atoms. The van der Waals surface area contributed by atoms with E-state index >= 15 is 0 Å². The summed E-state index contributed by atoms with van der Waals surface area (Å²) in [6.45, 7) is 10.7. The molecule has 0 saturated heterocycles. The molecule has 6 nitrogen and oxygen atoms in total. The second-order valence-electron chi connectivity index (χ2n) is 4.06.